The summed E-state index contributed by atoms with van der Waals surface area (Å²) in [4.78, 5) is 12.3. The highest BCUT2D eigenvalue weighted by molar-refractivity contribution is 6.31. The van der Waals surface area contributed by atoms with Gasteiger partial charge in [0, 0.05) is 16.6 Å². The van der Waals surface area contributed by atoms with Gasteiger partial charge in [-0.25, -0.2) is 0 Å². The second-order valence-electron chi connectivity index (χ2n) is 6.02. The summed E-state index contributed by atoms with van der Waals surface area (Å²) in [6.45, 7) is 4.07. The summed E-state index contributed by atoms with van der Waals surface area (Å²) in [5.41, 5.74) is 1.82. The molecule has 1 amide bonds. The number of benzene rings is 2. The number of halogens is 1. The summed E-state index contributed by atoms with van der Waals surface area (Å²) in [6.07, 6.45) is 0. The van der Waals surface area contributed by atoms with Crippen molar-refractivity contribution < 1.29 is 14.3 Å². The Labute approximate surface area is 159 Å². The van der Waals surface area contributed by atoms with Gasteiger partial charge in [0.25, 0.3) is 0 Å². The van der Waals surface area contributed by atoms with Crippen molar-refractivity contribution in [2.24, 2.45) is 0 Å². The van der Waals surface area contributed by atoms with Crippen LogP contribution in [0.2, 0.25) is 5.02 Å². The van der Waals surface area contributed by atoms with E-state index in [4.69, 9.17) is 21.1 Å². The molecule has 2 aromatic carbocycles. The van der Waals surface area contributed by atoms with Gasteiger partial charge in [-0.15, -0.1) is 0 Å². The lowest BCUT2D eigenvalue weighted by molar-refractivity contribution is -0.121. The van der Waals surface area contributed by atoms with E-state index in [1.807, 2.05) is 56.3 Å². The highest BCUT2D eigenvalue weighted by Gasteiger charge is 2.16. The molecule has 2 N–H and O–H groups in total. The topological polar surface area (TPSA) is 59.6 Å². The van der Waals surface area contributed by atoms with Crippen molar-refractivity contribution in [1.29, 1.82) is 0 Å². The van der Waals surface area contributed by atoms with E-state index < -0.39 is 0 Å². The molecule has 0 radical (unpaired) electrons. The van der Waals surface area contributed by atoms with Crippen molar-refractivity contribution in [3.8, 4) is 11.5 Å². The minimum atomic E-state index is -0.218. The number of rotatable bonds is 8. The van der Waals surface area contributed by atoms with Gasteiger partial charge >= 0.3 is 0 Å². The summed E-state index contributed by atoms with van der Waals surface area (Å²) < 4.78 is 10.6. The van der Waals surface area contributed by atoms with E-state index in [0.717, 1.165) is 11.1 Å². The minimum Gasteiger partial charge on any atom is -0.497 e. The monoisotopic (exact) mass is 376 g/mol. The highest BCUT2D eigenvalue weighted by Crippen LogP contribution is 2.29. The lowest BCUT2D eigenvalue weighted by Gasteiger charge is -2.20. The first-order valence-corrected chi connectivity index (χ1v) is 8.83. The molecule has 0 bridgehead atoms. The molecular weight excluding hydrogens is 352 g/mol. The van der Waals surface area contributed by atoms with Crippen LogP contribution in [0.25, 0.3) is 0 Å². The Hall–Kier alpha value is -2.24. The Morgan fingerprint density at radius 3 is 2.42 bits per heavy atom. The van der Waals surface area contributed by atoms with E-state index in [2.05, 4.69) is 10.6 Å². The first-order valence-electron chi connectivity index (χ1n) is 8.45. The average Bonchev–Trinajstić information content (AvgIpc) is 2.65. The molecule has 0 saturated carbocycles. The number of nitrogens with one attached hydrogen (secondary N) is 2. The van der Waals surface area contributed by atoms with Crippen LogP contribution >= 0.6 is 11.6 Å². The molecule has 26 heavy (non-hydrogen) atoms. The molecule has 6 heteroatoms. The van der Waals surface area contributed by atoms with Crippen LogP contribution in [0, 0.1) is 0 Å². The fourth-order valence-electron chi connectivity index (χ4n) is 2.73. The first kappa shape index (κ1) is 20.1. The maximum atomic E-state index is 12.3. The van der Waals surface area contributed by atoms with Gasteiger partial charge < -0.3 is 20.1 Å². The van der Waals surface area contributed by atoms with Crippen LogP contribution in [0.3, 0.4) is 0 Å². The number of ether oxygens (including phenoxy) is 2. The van der Waals surface area contributed by atoms with Crippen LogP contribution in [0.1, 0.15) is 37.1 Å². The third-order valence-electron chi connectivity index (χ3n) is 4.22. The quantitative estimate of drug-likeness (QED) is 0.733. The van der Waals surface area contributed by atoms with Crippen LogP contribution in [0.5, 0.6) is 11.5 Å². The molecule has 5 nitrogen and oxygen atoms in total. The van der Waals surface area contributed by atoms with E-state index in [1.165, 1.54) is 0 Å². The summed E-state index contributed by atoms with van der Waals surface area (Å²) in [6, 6.07) is 12.9. The average molecular weight is 377 g/mol. The smallest absolute Gasteiger partial charge is 0.234 e. The van der Waals surface area contributed by atoms with Gasteiger partial charge in [0.2, 0.25) is 5.91 Å². The zero-order chi connectivity index (χ0) is 19.1. The SMILES string of the molecule is COc1ccc(OC)c([C@H](C)NC(=O)CN[C@H](C)c2ccccc2Cl)c1. The molecule has 0 aliphatic rings. The van der Waals surface area contributed by atoms with Crippen LogP contribution in [0.15, 0.2) is 42.5 Å². The van der Waals surface area contributed by atoms with Crippen molar-refractivity contribution in [3.63, 3.8) is 0 Å². The number of amides is 1. The number of hydrogen-bond donors (Lipinski definition) is 2. The molecule has 0 unspecified atom stereocenters. The Balaban J connectivity index is 1.96. The van der Waals surface area contributed by atoms with Gasteiger partial charge in [0.05, 0.1) is 26.8 Å². The second-order valence-corrected chi connectivity index (χ2v) is 6.43. The summed E-state index contributed by atoms with van der Waals surface area (Å²) >= 11 is 6.19. The van der Waals surface area contributed by atoms with Gasteiger partial charge in [-0.2, -0.15) is 0 Å². The molecule has 0 aromatic heterocycles. The molecule has 0 aliphatic heterocycles. The van der Waals surface area contributed by atoms with E-state index in [-0.39, 0.29) is 24.5 Å². The maximum absolute atomic E-state index is 12.3. The number of carbonyl (C=O) groups is 1. The molecule has 0 saturated heterocycles. The zero-order valence-electron chi connectivity index (χ0n) is 15.5. The van der Waals surface area contributed by atoms with Gasteiger partial charge in [0.15, 0.2) is 0 Å². The van der Waals surface area contributed by atoms with Crippen molar-refractivity contribution in [3.05, 3.63) is 58.6 Å². The van der Waals surface area contributed by atoms with Gasteiger partial charge in [-0.05, 0) is 43.7 Å². The molecule has 0 heterocycles. The molecule has 140 valence electrons. The molecule has 0 spiro atoms. The van der Waals surface area contributed by atoms with Crippen LogP contribution < -0.4 is 20.1 Å². The second kappa shape index (κ2) is 9.46. The van der Waals surface area contributed by atoms with Crippen LogP contribution in [0.4, 0.5) is 0 Å². The number of carbonyl (C=O) groups excluding carboxylic acids is 1. The molecule has 2 atom stereocenters. The van der Waals surface area contributed by atoms with Crippen LogP contribution in [-0.4, -0.2) is 26.7 Å². The van der Waals surface area contributed by atoms with Crippen molar-refractivity contribution in [1.82, 2.24) is 10.6 Å². The third kappa shape index (κ3) is 5.13. The molecule has 2 aromatic rings. The third-order valence-corrected chi connectivity index (χ3v) is 4.57. The van der Waals surface area contributed by atoms with Gasteiger partial charge in [-0.3, -0.25) is 4.79 Å². The lowest BCUT2D eigenvalue weighted by Crippen LogP contribution is -2.36. The van der Waals surface area contributed by atoms with E-state index in [9.17, 15) is 4.79 Å². The highest BCUT2D eigenvalue weighted by atomic mass is 35.5. The van der Waals surface area contributed by atoms with Gasteiger partial charge in [0.1, 0.15) is 11.5 Å². The Morgan fingerprint density at radius 2 is 1.77 bits per heavy atom. The van der Waals surface area contributed by atoms with Gasteiger partial charge in [-0.1, -0.05) is 29.8 Å². The molecule has 0 fully saturated rings. The van der Waals surface area contributed by atoms with Crippen molar-refractivity contribution in [2.45, 2.75) is 25.9 Å². The molecule has 0 aliphatic carbocycles. The Kier molecular flexibility index (Phi) is 7.30. The predicted octanol–water partition coefficient (Wildman–Crippen LogP) is 3.89. The molecule has 2 rings (SSSR count). The normalized spacial score (nSPS) is 13.0. The minimum absolute atomic E-state index is 0.0314. The van der Waals surface area contributed by atoms with Crippen molar-refractivity contribution in [2.75, 3.05) is 20.8 Å². The standard InChI is InChI=1S/C20H25ClN2O3/c1-13(16-7-5-6-8-18(16)21)22-12-20(24)23-14(2)17-11-15(25-3)9-10-19(17)26-4/h5-11,13-14,22H,12H2,1-4H3,(H,23,24)/t13-,14+/m1/s1. The van der Waals surface area contributed by atoms with E-state index in [0.29, 0.717) is 16.5 Å². The Morgan fingerprint density at radius 1 is 1.04 bits per heavy atom. The first-order chi connectivity index (χ1) is 12.5. The zero-order valence-corrected chi connectivity index (χ0v) is 16.3. The molecular formula is C20H25ClN2O3. The summed E-state index contributed by atoms with van der Waals surface area (Å²) in [5, 5.41) is 6.85. The van der Waals surface area contributed by atoms with Crippen molar-refractivity contribution >= 4 is 17.5 Å². The fourth-order valence-corrected chi connectivity index (χ4v) is 3.03. The van der Waals surface area contributed by atoms with E-state index in [1.54, 1.807) is 14.2 Å². The number of hydrogen-bond acceptors (Lipinski definition) is 4. The number of methoxy groups -OCH3 is 2. The summed E-state index contributed by atoms with van der Waals surface area (Å²) in [5.74, 6) is 1.31. The predicted molar refractivity (Wildman–Crippen MR) is 104 cm³/mol. The largest absolute Gasteiger partial charge is 0.497 e. The Bertz CT molecular complexity index is 752. The fraction of sp³-hybridized carbons (Fsp3) is 0.350. The van der Waals surface area contributed by atoms with E-state index >= 15 is 0 Å². The van der Waals surface area contributed by atoms with Crippen LogP contribution in [-0.2, 0) is 4.79 Å². The lowest BCUT2D eigenvalue weighted by atomic mass is 10.1. The maximum Gasteiger partial charge on any atom is 0.234 e. The summed E-state index contributed by atoms with van der Waals surface area (Å²) in [7, 11) is 3.21.